The number of ether oxygens (including phenoxy) is 1. The molecule has 1 saturated heterocycles. The predicted molar refractivity (Wildman–Crippen MR) is 108 cm³/mol. The molecule has 0 bridgehead atoms. The highest BCUT2D eigenvalue weighted by Gasteiger charge is 2.24. The van der Waals surface area contributed by atoms with E-state index >= 15 is 0 Å². The third-order valence-electron chi connectivity index (χ3n) is 4.87. The molecule has 3 rings (SSSR count). The van der Waals surface area contributed by atoms with Gasteiger partial charge in [-0.25, -0.2) is 4.79 Å². The number of hydrogen-bond acceptors (Lipinski definition) is 6. The molecule has 1 amide bonds. The fraction of sp³-hybridized carbons (Fsp3) is 0.333. The summed E-state index contributed by atoms with van der Waals surface area (Å²) in [5, 5.41) is 11.1. The van der Waals surface area contributed by atoms with Crippen molar-refractivity contribution in [3.8, 4) is 0 Å². The van der Waals surface area contributed by atoms with Gasteiger partial charge in [-0.3, -0.25) is 14.9 Å². The van der Waals surface area contributed by atoms with E-state index in [1.807, 2.05) is 35.2 Å². The molecule has 2 aromatic rings. The van der Waals surface area contributed by atoms with Crippen LogP contribution in [0.1, 0.15) is 28.8 Å². The quantitative estimate of drug-likeness (QED) is 0.405. The van der Waals surface area contributed by atoms with E-state index in [0.29, 0.717) is 12.2 Å². The van der Waals surface area contributed by atoms with Crippen LogP contribution >= 0.6 is 0 Å². The van der Waals surface area contributed by atoms with E-state index in [0.717, 1.165) is 31.5 Å². The normalized spacial score (nSPS) is 13.2. The maximum atomic E-state index is 12.6. The van der Waals surface area contributed by atoms with Crippen LogP contribution in [0.5, 0.6) is 0 Å². The van der Waals surface area contributed by atoms with Crippen LogP contribution in [-0.4, -0.2) is 48.4 Å². The van der Waals surface area contributed by atoms with Gasteiger partial charge in [0.25, 0.3) is 11.6 Å². The van der Waals surface area contributed by atoms with Crippen LogP contribution in [0.2, 0.25) is 0 Å². The van der Waals surface area contributed by atoms with Crippen molar-refractivity contribution in [3.63, 3.8) is 0 Å². The molecule has 8 heteroatoms. The number of carbonyl (C=O) groups is 2. The van der Waals surface area contributed by atoms with Crippen LogP contribution in [0, 0.1) is 10.1 Å². The lowest BCUT2D eigenvalue weighted by atomic mass is 10.1. The van der Waals surface area contributed by atoms with Crippen molar-refractivity contribution in [2.45, 2.75) is 19.4 Å². The second kappa shape index (κ2) is 9.18. The lowest BCUT2D eigenvalue weighted by Crippen LogP contribution is -2.31. The monoisotopic (exact) mass is 397 g/mol. The van der Waals surface area contributed by atoms with Crippen LogP contribution < -0.4 is 4.90 Å². The smallest absolute Gasteiger partial charge is 0.341 e. The van der Waals surface area contributed by atoms with E-state index in [-0.39, 0.29) is 17.2 Å². The summed E-state index contributed by atoms with van der Waals surface area (Å²) in [7, 11) is 1.63. The molecule has 0 atom stereocenters. The SMILES string of the molecule is CN(Cc1ccccc1)C(=O)COC(=O)c1cc([N+](=O)[O-])ccc1N1CCCC1. The Morgan fingerprint density at radius 2 is 1.83 bits per heavy atom. The molecule has 0 aliphatic carbocycles. The number of esters is 1. The molecule has 1 aliphatic rings. The molecular formula is C21H23N3O5. The molecule has 0 aromatic heterocycles. The molecule has 152 valence electrons. The zero-order valence-electron chi connectivity index (χ0n) is 16.2. The van der Waals surface area contributed by atoms with Gasteiger partial charge in [-0.15, -0.1) is 0 Å². The van der Waals surface area contributed by atoms with E-state index in [1.54, 1.807) is 13.1 Å². The summed E-state index contributed by atoms with van der Waals surface area (Å²) in [6, 6.07) is 13.6. The van der Waals surface area contributed by atoms with E-state index in [1.165, 1.54) is 17.0 Å². The van der Waals surface area contributed by atoms with Crippen molar-refractivity contribution >= 4 is 23.3 Å². The summed E-state index contributed by atoms with van der Waals surface area (Å²) in [6.45, 7) is 1.52. The highest BCUT2D eigenvalue weighted by molar-refractivity contribution is 5.97. The van der Waals surface area contributed by atoms with E-state index < -0.39 is 17.5 Å². The average molecular weight is 397 g/mol. The van der Waals surface area contributed by atoms with Crippen molar-refractivity contribution in [1.29, 1.82) is 0 Å². The number of likely N-dealkylation sites (N-methyl/N-ethyl adjacent to an activating group) is 1. The number of nitrogens with zero attached hydrogens (tertiary/aromatic N) is 3. The van der Waals surface area contributed by atoms with Crippen molar-refractivity contribution < 1.29 is 19.2 Å². The van der Waals surface area contributed by atoms with Crippen LogP contribution in [0.4, 0.5) is 11.4 Å². The van der Waals surface area contributed by atoms with Gasteiger partial charge in [0, 0.05) is 38.8 Å². The topological polar surface area (TPSA) is 93.0 Å². The molecule has 0 spiro atoms. The van der Waals surface area contributed by atoms with Crippen molar-refractivity contribution in [2.24, 2.45) is 0 Å². The average Bonchev–Trinajstić information content (AvgIpc) is 3.26. The highest BCUT2D eigenvalue weighted by Crippen LogP contribution is 2.29. The number of non-ortho nitro benzene ring substituents is 1. The third kappa shape index (κ3) is 5.10. The summed E-state index contributed by atoms with van der Waals surface area (Å²) in [4.78, 5) is 39.0. The number of hydrogen-bond donors (Lipinski definition) is 0. The molecule has 8 nitrogen and oxygen atoms in total. The van der Waals surface area contributed by atoms with Crippen molar-refractivity contribution in [3.05, 3.63) is 69.8 Å². The first-order chi connectivity index (χ1) is 14.0. The highest BCUT2D eigenvalue weighted by atomic mass is 16.6. The number of nitro benzene ring substituents is 1. The number of amides is 1. The summed E-state index contributed by atoms with van der Waals surface area (Å²) in [6.07, 6.45) is 1.99. The Morgan fingerprint density at radius 3 is 2.48 bits per heavy atom. The molecule has 0 saturated carbocycles. The minimum absolute atomic E-state index is 0.111. The molecule has 0 unspecified atom stereocenters. The Bertz CT molecular complexity index is 894. The van der Waals surface area contributed by atoms with Gasteiger partial charge in [0.05, 0.1) is 16.2 Å². The maximum absolute atomic E-state index is 12.6. The molecule has 1 aliphatic heterocycles. The zero-order chi connectivity index (χ0) is 20.8. The molecule has 0 radical (unpaired) electrons. The Balaban J connectivity index is 1.68. The second-order valence-corrected chi connectivity index (χ2v) is 6.96. The summed E-state index contributed by atoms with van der Waals surface area (Å²) < 4.78 is 5.20. The van der Waals surface area contributed by atoms with Crippen LogP contribution in [0.3, 0.4) is 0 Å². The molecule has 0 N–H and O–H groups in total. The fourth-order valence-electron chi connectivity index (χ4n) is 3.30. The van der Waals surface area contributed by atoms with Gasteiger partial charge in [-0.05, 0) is 24.5 Å². The Hall–Kier alpha value is -3.42. The first-order valence-corrected chi connectivity index (χ1v) is 9.44. The standard InChI is InChI=1S/C21H23N3O5/c1-22(14-16-7-3-2-4-8-16)20(25)15-29-21(26)18-13-17(24(27)28)9-10-19(18)23-11-5-6-12-23/h2-4,7-10,13H,5-6,11-12,14-15H2,1H3. The number of nitro groups is 1. The minimum atomic E-state index is -0.739. The maximum Gasteiger partial charge on any atom is 0.341 e. The predicted octanol–water partition coefficient (Wildman–Crippen LogP) is 3.01. The first-order valence-electron chi connectivity index (χ1n) is 9.44. The van der Waals surface area contributed by atoms with E-state index in [4.69, 9.17) is 4.74 Å². The van der Waals surface area contributed by atoms with Crippen LogP contribution in [-0.2, 0) is 16.1 Å². The molecule has 29 heavy (non-hydrogen) atoms. The lowest BCUT2D eigenvalue weighted by Gasteiger charge is -2.21. The molecule has 1 heterocycles. The summed E-state index contributed by atoms with van der Waals surface area (Å²) in [5.41, 5.74) is 1.49. The number of carbonyl (C=O) groups excluding carboxylic acids is 2. The Morgan fingerprint density at radius 1 is 1.14 bits per heavy atom. The van der Waals surface area contributed by atoms with Crippen molar-refractivity contribution in [2.75, 3.05) is 31.6 Å². The van der Waals surface area contributed by atoms with Crippen molar-refractivity contribution in [1.82, 2.24) is 4.90 Å². The van der Waals surface area contributed by atoms with Gasteiger partial charge in [-0.1, -0.05) is 30.3 Å². The van der Waals surface area contributed by atoms with E-state index in [2.05, 4.69) is 0 Å². The van der Waals surface area contributed by atoms with Gasteiger partial charge < -0.3 is 14.5 Å². The second-order valence-electron chi connectivity index (χ2n) is 6.96. The number of anilines is 1. The summed E-state index contributed by atoms with van der Waals surface area (Å²) in [5.74, 6) is -1.09. The van der Waals surface area contributed by atoms with Crippen LogP contribution in [0.15, 0.2) is 48.5 Å². The number of benzene rings is 2. The third-order valence-corrected chi connectivity index (χ3v) is 4.87. The van der Waals surface area contributed by atoms with Gasteiger partial charge in [0.1, 0.15) is 0 Å². The molecular weight excluding hydrogens is 374 g/mol. The zero-order valence-corrected chi connectivity index (χ0v) is 16.2. The molecule has 1 fully saturated rings. The first kappa shape index (κ1) is 20.3. The van der Waals surface area contributed by atoms with Gasteiger partial charge >= 0.3 is 5.97 Å². The fourth-order valence-corrected chi connectivity index (χ4v) is 3.30. The summed E-state index contributed by atoms with van der Waals surface area (Å²) >= 11 is 0. The minimum Gasteiger partial charge on any atom is -0.452 e. The van der Waals surface area contributed by atoms with E-state index in [9.17, 15) is 19.7 Å². The largest absolute Gasteiger partial charge is 0.452 e. The lowest BCUT2D eigenvalue weighted by molar-refractivity contribution is -0.384. The Labute approximate surface area is 168 Å². The van der Waals surface area contributed by atoms with Gasteiger partial charge in [-0.2, -0.15) is 0 Å². The Kier molecular flexibility index (Phi) is 6.43. The van der Waals surface area contributed by atoms with Gasteiger partial charge in [0.2, 0.25) is 0 Å². The van der Waals surface area contributed by atoms with Gasteiger partial charge in [0.15, 0.2) is 6.61 Å². The molecule has 2 aromatic carbocycles. The number of rotatable bonds is 7. The van der Waals surface area contributed by atoms with Crippen LogP contribution in [0.25, 0.3) is 0 Å².